The van der Waals surface area contributed by atoms with Crippen LogP contribution in [0.4, 0.5) is 13.2 Å². The summed E-state index contributed by atoms with van der Waals surface area (Å²) in [5, 5.41) is 3.32. The van der Waals surface area contributed by atoms with E-state index >= 15 is 0 Å². The standard InChI is InChI=1S/C16H20F3N3O/c17-16(18,19)13-3-1-2-12(10-13)15(23)22-8-6-21(7-9-22)14-4-5-20-11-14/h1-3,10,14,20H,4-9,11H2. The number of hydrogen-bond acceptors (Lipinski definition) is 3. The predicted molar refractivity (Wildman–Crippen MR) is 80.2 cm³/mol. The van der Waals surface area contributed by atoms with Crippen LogP contribution in [0.25, 0.3) is 0 Å². The number of rotatable bonds is 2. The van der Waals surface area contributed by atoms with E-state index in [0.717, 1.165) is 44.7 Å². The van der Waals surface area contributed by atoms with Crippen LogP contribution in [0.15, 0.2) is 24.3 Å². The number of alkyl halides is 3. The Balaban J connectivity index is 1.63. The first-order valence-electron chi connectivity index (χ1n) is 7.86. The van der Waals surface area contributed by atoms with E-state index in [1.54, 1.807) is 4.90 Å². The zero-order valence-corrected chi connectivity index (χ0v) is 12.8. The lowest BCUT2D eigenvalue weighted by Crippen LogP contribution is -2.52. The van der Waals surface area contributed by atoms with Crippen molar-refractivity contribution in [2.24, 2.45) is 0 Å². The van der Waals surface area contributed by atoms with Gasteiger partial charge in [0.2, 0.25) is 0 Å². The van der Waals surface area contributed by atoms with Gasteiger partial charge in [-0.3, -0.25) is 9.69 Å². The third-order valence-electron chi connectivity index (χ3n) is 4.59. The lowest BCUT2D eigenvalue weighted by molar-refractivity contribution is -0.137. The molecular formula is C16H20F3N3O. The van der Waals surface area contributed by atoms with Gasteiger partial charge >= 0.3 is 6.18 Å². The van der Waals surface area contributed by atoms with E-state index in [0.29, 0.717) is 19.1 Å². The largest absolute Gasteiger partial charge is 0.416 e. The van der Waals surface area contributed by atoms with Crippen molar-refractivity contribution in [3.63, 3.8) is 0 Å². The number of hydrogen-bond donors (Lipinski definition) is 1. The van der Waals surface area contributed by atoms with Crippen LogP contribution in [-0.4, -0.2) is 61.0 Å². The molecule has 0 saturated carbocycles. The summed E-state index contributed by atoms with van der Waals surface area (Å²) in [6, 6.07) is 5.18. The van der Waals surface area contributed by atoms with Gasteiger partial charge in [0.1, 0.15) is 0 Å². The van der Waals surface area contributed by atoms with Crippen LogP contribution in [-0.2, 0) is 6.18 Å². The van der Waals surface area contributed by atoms with E-state index in [1.807, 2.05) is 0 Å². The lowest BCUT2D eigenvalue weighted by Gasteiger charge is -2.37. The number of halogens is 3. The number of carbonyl (C=O) groups is 1. The Bertz CT molecular complexity index is 562. The van der Waals surface area contributed by atoms with Crippen molar-refractivity contribution in [1.29, 1.82) is 0 Å². The SMILES string of the molecule is O=C(c1cccc(C(F)(F)F)c1)N1CCN(C2CCNC2)CC1. The average Bonchev–Trinajstić information content (AvgIpc) is 3.08. The molecule has 2 saturated heterocycles. The molecule has 1 N–H and O–H groups in total. The maximum Gasteiger partial charge on any atom is 0.416 e. The van der Waals surface area contributed by atoms with Crippen LogP contribution in [0, 0.1) is 0 Å². The van der Waals surface area contributed by atoms with Crippen molar-refractivity contribution >= 4 is 5.91 Å². The predicted octanol–water partition coefficient (Wildman–Crippen LogP) is 1.83. The van der Waals surface area contributed by atoms with Gasteiger partial charge in [0.25, 0.3) is 5.91 Å². The molecule has 1 aromatic rings. The van der Waals surface area contributed by atoms with Gasteiger partial charge in [-0.05, 0) is 31.2 Å². The number of amides is 1. The minimum absolute atomic E-state index is 0.107. The third kappa shape index (κ3) is 3.67. The van der Waals surface area contributed by atoms with Crippen LogP contribution in [0.5, 0.6) is 0 Å². The molecule has 1 unspecified atom stereocenters. The van der Waals surface area contributed by atoms with Crippen molar-refractivity contribution in [3.05, 3.63) is 35.4 Å². The number of piperazine rings is 1. The Morgan fingerprint density at radius 3 is 2.52 bits per heavy atom. The molecule has 0 spiro atoms. The minimum atomic E-state index is -4.43. The molecule has 7 heteroatoms. The molecule has 2 aliphatic rings. The Kier molecular flexibility index (Phi) is 4.59. The molecule has 126 valence electrons. The van der Waals surface area contributed by atoms with Crippen molar-refractivity contribution in [1.82, 2.24) is 15.1 Å². The zero-order chi connectivity index (χ0) is 16.4. The highest BCUT2D eigenvalue weighted by atomic mass is 19.4. The second kappa shape index (κ2) is 6.49. The topological polar surface area (TPSA) is 35.6 Å². The molecule has 0 bridgehead atoms. The van der Waals surface area contributed by atoms with Gasteiger partial charge in [0.05, 0.1) is 5.56 Å². The summed E-state index contributed by atoms with van der Waals surface area (Å²) in [6.45, 7) is 4.67. The van der Waals surface area contributed by atoms with E-state index in [1.165, 1.54) is 12.1 Å². The molecule has 0 aromatic heterocycles. The van der Waals surface area contributed by atoms with Gasteiger partial charge in [-0.1, -0.05) is 6.07 Å². The molecule has 2 fully saturated rings. The first kappa shape index (κ1) is 16.3. The summed E-state index contributed by atoms with van der Waals surface area (Å²) < 4.78 is 38.3. The maximum absolute atomic E-state index is 12.8. The summed E-state index contributed by atoms with van der Waals surface area (Å²) in [5.41, 5.74) is -0.671. The highest BCUT2D eigenvalue weighted by Crippen LogP contribution is 2.29. The molecule has 3 rings (SSSR count). The Labute approximate surface area is 133 Å². The molecule has 0 aliphatic carbocycles. The number of nitrogens with one attached hydrogen (secondary N) is 1. The smallest absolute Gasteiger partial charge is 0.336 e. The first-order chi connectivity index (χ1) is 10.9. The quantitative estimate of drug-likeness (QED) is 0.900. The van der Waals surface area contributed by atoms with Gasteiger partial charge in [-0.2, -0.15) is 13.2 Å². The lowest BCUT2D eigenvalue weighted by atomic mass is 10.1. The van der Waals surface area contributed by atoms with Crippen LogP contribution in [0.3, 0.4) is 0 Å². The highest BCUT2D eigenvalue weighted by Gasteiger charge is 2.32. The van der Waals surface area contributed by atoms with Gasteiger partial charge in [0, 0.05) is 44.3 Å². The fourth-order valence-corrected chi connectivity index (χ4v) is 3.25. The van der Waals surface area contributed by atoms with Gasteiger partial charge in [-0.15, -0.1) is 0 Å². The normalized spacial score (nSPS) is 23.3. The molecule has 2 heterocycles. The second-order valence-electron chi connectivity index (χ2n) is 6.05. The third-order valence-corrected chi connectivity index (χ3v) is 4.59. The molecule has 23 heavy (non-hydrogen) atoms. The van der Waals surface area contributed by atoms with Crippen molar-refractivity contribution < 1.29 is 18.0 Å². The van der Waals surface area contributed by atoms with E-state index < -0.39 is 11.7 Å². The van der Waals surface area contributed by atoms with E-state index in [9.17, 15) is 18.0 Å². The van der Waals surface area contributed by atoms with Crippen LogP contribution in [0.2, 0.25) is 0 Å². The second-order valence-corrected chi connectivity index (χ2v) is 6.05. The zero-order valence-electron chi connectivity index (χ0n) is 12.8. The first-order valence-corrected chi connectivity index (χ1v) is 7.86. The monoisotopic (exact) mass is 327 g/mol. The molecule has 2 aliphatic heterocycles. The van der Waals surface area contributed by atoms with E-state index in [-0.39, 0.29) is 11.5 Å². The van der Waals surface area contributed by atoms with Crippen LogP contribution >= 0.6 is 0 Å². The average molecular weight is 327 g/mol. The highest BCUT2D eigenvalue weighted by molar-refractivity contribution is 5.94. The number of carbonyl (C=O) groups excluding carboxylic acids is 1. The van der Waals surface area contributed by atoms with Crippen LogP contribution in [0.1, 0.15) is 22.3 Å². The summed E-state index contributed by atoms with van der Waals surface area (Å²) in [7, 11) is 0. The van der Waals surface area contributed by atoms with Gasteiger partial charge in [0.15, 0.2) is 0 Å². The molecular weight excluding hydrogens is 307 g/mol. The minimum Gasteiger partial charge on any atom is -0.336 e. The van der Waals surface area contributed by atoms with Crippen molar-refractivity contribution in [3.8, 4) is 0 Å². The summed E-state index contributed by atoms with van der Waals surface area (Å²) >= 11 is 0. The van der Waals surface area contributed by atoms with Crippen LogP contribution < -0.4 is 5.32 Å². The Morgan fingerprint density at radius 2 is 1.91 bits per heavy atom. The van der Waals surface area contributed by atoms with Crippen molar-refractivity contribution in [2.45, 2.75) is 18.6 Å². The molecule has 1 aromatic carbocycles. The Hall–Kier alpha value is -1.60. The van der Waals surface area contributed by atoms with Gasteiger partial charge in [-0.25, -0.2) is 0 Å². The fraction of sp³-hybridized carbons (Fsp3) is 0.562. The number of nitrogens with zero attached hydrogens (tertiary/aromatic N) is 2. The van der Waals surface area contributed by atoms with E-state index in [4.69, 9.17) is 0 Å². The summed E-state index contributed by atoms with van der Waals surface area (Å²) in [5.74, 6) is -0.319. The molecule has 1 atom stereocenters. The molecule has 0 radical (unpaired) electrons. The molecule has 1 amide bonds. The molecule has 4 nitrogen and oxygen atoms in total. The summed E-state index contributed by atoms with van der Waals surface area (Å²) in [6.07, 6.45) is -3.31. The number of benzene rings is 1. The fourth-order valence-electron chi connectivity index (χ4n) is 3.25. The van der Waals surface area contributed by atoms with Crippen molar-refractivity contribution in [2.75, 3.05) is 39.3 Å². The van der Waals surface area contributed by atoms with E-state index in [2.05, 4.69) is 10.2 Å². The summed E-state index contributed by atoms with van der Waals surface area (Å²) in [4.78, 5) is 16.4. The Morgan fingerprint density at radius 1 is 1.17 bits per heavy atom. The maximum atomic E-state index is 12.8. The van der Waals surface area contributed by atoms with Gasteiger partial charge < -0.3 is 10.2 Å².